The van der Waals surface area contributed by atoms with E-state index in [1.165, 1.54) is 66.3 Å². The number of benzene rings is 6. The number of hydrogen-bond acceptors (Lipinski definition) is 3. The van der Waals surface area contributed by atoms with E-state index in [0.29, 0.717) is 5.82 Å². The first-order valence-corrected chi connectivity index (χ1v) is 16.0. The molecule has 0 amide bonds. The summed E-state index contributed by atoms with van der Waals surface area (Å²) in [4.78, 5) is 13.3. The predicted octanol–water partition coefficient (Wildman–Crippen LogP) is 10.3. The molecule has 3 aliphatic rings. The van der Waals surface area contributed by atoms with Crippen LogP contribution in [0.15, 0.2) is 121 Å². The number of para-hydroxylation sites is 2. The second-order valence-corrected chi connectivity index (χ2v) is 12.9. The van der Waals surface area contributed by atoms with Crippen molar-refractivity contribution in [2.45, 2.75) is 5.41 Å². The molecule has 2 aliphatic carbocycles. The van der Waals surface area contributed by atoms with Crippen molar-refractivity contribution in [3.63, 3.8) is 0 Å². The zero-order valence-electron chi connectivity index (χ0n) is 24.1. The van der Waals surface area contributed by atoms with E-state index < -0.39 is 5.41 Å². The van der Waals surface area contributed by atoms with Crippen molar-refractivity contribution >= 4 is 45.0 Å². The molecule has 2 aromatic heterocycles. The molecule has 0 radical (unpaired) electrons. The SMILES string of the molecule is Clc1nc(Cl)nc(-c2ccc3c4c2-c2ccccc2-n2c5ccccc5c5ccc(c-4c52)C32c3ccccc3-c3ccccc32)n1. The molecular weight excluding hydrogens is 607 g/mol. The molecule has 1 aliphatic heterocycles. The maximum absolute atomic E-state index is 6.40. The number of aromatic nitrogens is 4. The smallest absolute Gasteiger partial charge is 0.227 e. The maximum Gasteiger partial charge on any atom is 0.227 e. The van der Waals surface area contributed by atoms with Crippen LogP contribution in [-0.2, 0) is 5.41 Å². The van der Waals surface area contributed by atoms with Crippen LogP contribution < -0.4 is 0 Å². The predicted molar refractivity (Wildman–Crippen MR) is 185 cm³/mol. The highest BCUT2D eigenvalue weighted by atomic mass is 35.5. The lowest BCUT2D eigenvalue weighted by Crippen LogP contribution is -2.26. The molecule has 0 N–H and O–H groups in total. The summed E-state index contributed by atoms with van der Waals surface area (Å²) >= 11 is 12.8. The number of fused-ring (bicyclic) bond motifs is 13. The highest BCUT2D eigenvalue weighted by Gasteiger charge is 2.53. The molecule has 0 fully saturated rings. The van der Waals surface area contributed by atoms with Crippen LogP contribution in [0.25, 0.3) is 72.3 Å². The van der Waals surface area contributed by atoms with E-state index in [-0.39, 0.29) is 10.6 Å². The van der Waals surface area contributed by atoms with Gasteiger partial charge in [0.2, 0.25) is 10.6 Å². The van der Waals surface area contributed by atoms with Gasteiger partial charge in [-0.3, -0.25) is 0 Å². The second kappa shape index (κ2) is 8.49. The van der Waals surface area contributed by atoms with Crippen molar-refractivity contribution in [2.75, 3.05) is 0 Å². The fraction of sp³-hybridized carbons (Fsp3) is 0.0250. The molecule has 11 rings (SSSR count). The third-order valence-electron chi connectivity index (χ3n) is 10.3. The van der Waals surface area contributed by atoms with E-state index >= 15 is 0 Å². The summed E-state index contributed by atoms with van der Waals surface area (Å²) in [5.74, 6) is 0.455. The van der Waals surface area contributed by atoms with Gasteiger partial charge >= 0.3 is 0 Å². The summed E-state index contributed by atoms with van der Waals surface area (Å²) in [6, 6.07) is 44.3. The van der Waals surface area contributed by atoms with Gasteiger partial charge in [0, 0.05) is 33.0 Å². The molecule has 0 atom stereocenters. The number of rotatable bonds is 1. The van der Waals surface area contributed by atoms with Gasteiger partial charge in [0.1, 0.15) is 0 Å². The van der Waals surface area contributed by atoms with Gasteiger partial charge in [-0.15, -0.1) is 0 Å². The molecule has 0 unspecified atom stereocenters. The molecule has 0 saturated heterocycles. The van der Waals surface area contributed by atoms with Crippen molar-refractivity contribution < 1.29 is 0 Å². The van der Waals surface area contributed by atoms with Crippen LogP contribution in [0.3, 0.4) is 0 Å². The normalized spacial score (nSPS) is 14.0. The Kier molecular flexibility index (Phi) is 4.61. The van der Waals surface area contributed by atoms with Crippen molar-refractivity contribution in [3.8, 4) is 50.5 Å². The molecule has 46 heavy (non-hydrogen) atoms. The van der Waals surface area contributed by atoms with Gasteiger partial charge < -0.3 is 4.57 Å². The van der Waals surface area contributed by atoms with Gasteiger partial charge in [-0.1, -0.05) is 109 Å². The van der Waals surface area contributed by atoms with E-state index in [9.17, 15) is 0 Å². The first-order valence-electron chi connectivity index (χ1n) is 15.3. The molecule has 1 spiro atoms. The molecule has 8 aromatic rings. The van der Waals surface area contributed by atoms with Crippen LogP contribution in [0.4, 0.5) is 0 Å². The molecule has 0 saturated carbocycles. The average molecular weight is 628 g/mol. The summed E-state index contributed by atoms with van der Waals surface area (Å²) in [5, 5.41) is 2.61. The number of halogens is 2. The number of nitrogens with zero attached hydrogens (tertiary/aromatic N) is 4. The highest BCUT2D eigenvalue weighted by molar-refractivity contribution is 6.31. The third kappa shape index (κ3) is 2.78. The van der Waals surface area contributed by atoms with Crippen molar-refractivity contribution in [1.29, 1.82) is 0 Å². The van der Waals surface area contributed by atoms with E-state index in [2.05, 4.69) is 141 Å². The third-order valence-corrected chi connectivity index (χ3v) is 10.6. The van der Waals surface area contributed by atoms with E-state index in [4.69, 9.17) is 23.2 Å². The molecule has 3 heterocycles. The van der Waals surface area contributed by atoms with Gasteiger partial charge in [0.15, 0.2) is 5.82 Å². The Hall–Kier alpha value is -5.29. The van der Waals surface area contributed by atoms with Gasteiger partial charge in [0.05, 0.1) is 22.1 Å². The van der Waals surface area contributed by atoms with E-state index in [0.717, 1.165) is 22.4 Å². The average Bonchev–Trinajstić information content (AvgIpc) is 3.65. The van der Waals surface area contributed by atoms with E-state index in [1.54, 1.807) is 0 Å². The Morgan fingerprint density at radius 2 is 1.07 bits per heavy atom. The lowest BCUT2D eigenvalue weighted by Gasteiger charge is -2.31. The minimum absolute atomic E-state index is 0.0692. The first kappa shape index (κ1) is 25.0. The molecule has 6 heteroatoms. The molecule has 0 bridgehead atoms. The fourth-order valence-electron chi connectivity index (χ4n) is 8.80. The highest BCUT2D eigenvalue weighted by Crippen LogP contribution is 2.67. The second-order valence-electron chi connectivity index (χ2n) is 12.2. The fourth-order valence-corrected chi connectivity index (χ4v) is 9.16. The zero-order chi connectivity index (χ0) is 30.3. The minimum atomic E-state index is -0.499. The Balaban J connectivity index is 1.43. The Bertz CT molecular complexity index is 2620. The van der Waals surface area contributed by atoms with Crippen LogP contribution in [0.2, 0.25) is 10.6 Å². The van der Waals surface area contributed by atoms with Crippen LogP contribution in [-0.4, -0.2) is 19.5 Å². The summed E-state index contributed by atoms with van der Waals surface area (Å²) in [6.45, 7) is 0. The quantitative estimate of drug-likeness (QED) is 0.182. The Morgan fingerprint density at radius 1 is 0.457 bits per heavy atom. The maximum atomic E-state index is 6.40. The topological polar surface area (TPSA) is 43.6 Å². The Labute approximate surface area is 273 Å². The van der Waals surface area contributed by atoms with Crippen LogP contribution >= 0.6 is 23.2 Å². The van der Waals surface area contributed by atoms with Gasteiger partial charge in [-0.05, 0) is 74.3 Å². The van der Waals surface area contributed by atoms with E-state index in [1.807, 2.05) is 0 Å². The Morgan fingerprint density at radius 3 is 1.83 bits per heavy atom. The molecular formula is C40H20Cl2N4. The summed E-state index contributed by atoms with van der Waals surface area (Å²) < 4.78 is 2.46. The van der Waals surface area contributed by atoms with Gasteiger partial charge in [-0.25, -0.2) is 0 Å². The molecule has 214 valence electrons. The monoisotopic (exact) mass is 626 g/mol. The van der Waals surface area contributed by atoms with Crippen LogP contribution in [0, 0.1) is 0 Å². The lowest BCUT2D eigenvalue weighted by molar-refractivity contribution is 0.794. The summed E-state index contributed by atoms with van der Waals surface area (Å²) in [7, 11) is 0. The zero-order valence-corrected chi connectivity index (χ0v) is 25.6. The lowest BCUT2D eigenvalue weighted by atomic mass is 9.70. The number of hydrogen-bond donors (Lipinski definition) is 0. The largest absolute Gasteiger partial charge is 0.308 e. The van der Waals surface area contributed by atoms with Crippen LogP contribution in [0.1, 0.15) is 22.3 Å². The van der Waals surface area contributed by atoms with Gasteiger partial charge in [-0.2, -0.15) is 15.0 Å². The van der Waals surface area contributed by atoms with Crippen LogP contribution in [0.5, 0.6) is 0 Å². The minimum Gasteiger partial charge on any atom is -0.308 e. The summed E-state index contributed by atoms with van der Waals surface area (Å²) in [5.41, 5.74) is 16.2. The molecule has 6 aromatic carbocycles. The summed E-state index contributed by atoms with van der Waals surface area (Å²) in [6.07, 6.45) is 0. The van der Waals surface area contributed by atoms with Crippen molar-refractivity contribution in [2.24, 2.45) is 0 Å². The first-order chi connectivity index (χ1) is 22.7. The van der Waals surface area contributed by atoms with Gasteiger partial charge in [0.25, 0.3) is 0 Å². The van der Waals surface area contributed by atoms with Crippen molar-refractivity contribution in [3.05, 3.63) is 154 Å². The standard InChI is InChI=1S/C40H20Cl2N4/c41-38-43-37(44-39(42)45-38)26-18-20-29-34-33(26)25-12-4-8-16-32(25)46-31-15-7-3-11-23(31)24-17-19-30(35(34)36(24)46)40(29)27-13-5-1-9-21(27)22-10-2-6-14-28(22)40/h1-20H. The molecule has 4 nitrogen and oxygen atoms in total. The van der Waals surface area contributed by atoms with Crippen molar-refractivity contribution in [1.82, 2.24) is 19.5 Å².